The van der Waals surface area contributed by atoms with Gasteiger partial charge in [0.05, 0.1) is 27.8 Å². The van der Waals surface area contributed by atoms with Gasteiger partial charge in [-0.25, -0.2) is 0 Å². The van der Waals surface area contributed by atoms with Crippen molar-refractivity contribution in [2.45, 2.75) is 18.4 Å². The van der Waals surface area contributed by atoms with E-state index in [1.807, 2.05) is 0 Å². The fraction of sp³-hybridized carbons (Fsp3) is 0.467. The van der Waals surface area contributed by atoms with Crippen molar-refractivity contribution in [3.8, 4) is 0 Å². The van der Waals surface area contributed by atoms with Gasteiger partial charge < -0.3 is 20.7 Å². The molecule has 0 radical (unpaired) electrons. The number of benzene rings is 1. The summed E-state index contributed by atoms with van der Waals surface area (Å²) in [5.41, 5.74) is 5.49. The molecule has 126 valence electrons. The van der Waals surface area contributed by atoms with Crippen molar-refractivity contribution in [2.24, 2.45) is 5.73 Å². The molecule has 0 aromatic heterocycles. The third-order valence-electron chi connectivity index (χ3n) is 3.77. The van der Waals surface area contributed by atoms with Gasteiger partial charge in [0.2, 0.25) is 11.8 Å². The zero-order valence-electron chi connectivity index (χ0n) is 12.8. The molecule has 0 unspecified atom stereocenters. The summed E-state index contributed by atoms with van der Waals surface area (Å²) in [6, 6.07) is 4.92. The summed E-state index contributed by atoms with van der Waals surface area (Å²) in [5.74, 6) is -0.673. The average Bonchev–Trinajstić information content (AvgIpc) is 2.51. The number of nitrogens with zero attached hydrogens (tertiary/aromatic N) is 1. The number of halogens is 2. The quantitative estimate of drug-likeness (QED) is 0.859. The van der Waals surface area contributed by atoms with Gasteiger partial charge in [-0.05, 0) is 25.0 Å². The maximum Gasteiger partial charge on any atom is 0.244 e. The molecular formula is C15H19Cl2N3O3. The fourth-order valence-corrected chi connectivity index (χ4v) is 2.90. The van der Waals surface area contributed by atoms with Crippen LogP contribution in [-0.2, 0) is 14.3 Å². The molecule has 0 spiro atoms. The molecule has 1 aromatic rings. The van der Waals surface area contributed by atoms with E-state index in [-0.39, 0.29) is 12.5 Å². The minimum Gasteiger partial charge on any atom is -0.381 e. The van der Waals surface area contributed by atoms with Crippen molar-refractivity contribution in [3.05, 3.63) is 28.2 Å². The Morgan fingerprint density at radius 2 is 1.87 bits per heavy atom. The fourth-order valence-electron chi connectivity index (χ4n) is 2.41. The van der Waals surface area contributed by atoms with Crippen LogP contribution in [0.3, 0.4) is 0 Å². The summed E-state index contributed by atoms with van der Waals surface area (Å²) in [5, 5.41) is 3.28. The maximum atomic E-state index is 12.5. The van der Waals surface area contributed by atoms with Crippen LogP contribution in [0.1, 0.15) is 12.8 Å². The molecular weight excluding hydrogens is 341 g/mol. The molecule has 1 saturated heterocycles. The first-order chi connectivity index (χ1) is 10.8. The third-order valence-corrected chi connectivity index (χ3v) is 4.40. The minimum atomic E-state index is -0.977. The van der Waals surface area contributed by atoms with Gasteiger partial charge in [-0.1, -0.05) is 29.3 Å². The van der Waals surface area contributed by atoms with Gasteiger partial charge >= 0.3 is 0 Å². The number of nitrogens with one attached hydrogen (secondary N) is 1. The molecule has 0 saturated carbocycles. The van der Waals surface area contributed by atoms with Gasteiger partial charge in [0.1, 0.15) is 0 Å². The van der Waals surface area contributed by atoms with Crippen LogP contribution in [0.15, 0.2) is 18.2 Å². The molecule has 2 amide bonds. The van der Waals surface area contributed by atoms with Crippen molar-refractivity contribution in [2.75, 3.05) is 32.1 Å². The van der Waals surface area contributed by atoms with Gasteiger partial charge in [-0.15, -0.1) is 0 Å². The number of carbonyl (C=O) groups excluding carboxylic acids is 2. The summed E-state index contributed by atoms with van der Waals surface area (Å²) in [4.78, 5) is 25.9. The lowest BCUT2D eigenvalue weighted by Crippen LogP contribution is -2.58. The lowest BCUT2D eigenvalue weighted by atomic mass is 9.90. The highest BCUT2D eigenvalue weighted by molar-refractivity contribution is 6.39. The summed E-state index contributed by atoms with van der Waals surface area (Å²) in [6.07, 6.45) is 0.877. The van der Waals surface area contributed by atoms with E-state index in [1.54, 1.807) is 25.2 Å². The number of hydrogen-bond acceptors (Lipinski definition) is 4. The lowest BCUT2D eigenvalue weighted by molar-refractivity contribution is -0.141. The molecule has 1 aliphatic rings. The van der Waals surface area contributed by atoms with Gasteiger partial charge in [0, 0.05) is 20.3 Å². The molecule has 23 heavy (non-hydrogen) atoms. The largest absolute Gasteiger partial charge is 0.381 e. The van der Waals surface area contributed by atoms with E-state index in [4.69, 9.17) is 33.7 Å². The van der Waals surface area contributed by atoms with Crippen molar-refractivity contribution >= 4 is 40.7 Å². The number of likely N-dealkylation sites (N-methyl/N-ethyl adjacent to an activating group) is 1. The molecule has 0 atom stereocenters. The summed E-state index contributed by atoms with van der Waals surface area (Å²) in [6.45, 7) is 0.745. The highest BCUT2D eigenvalue weighted by Crippen LogP contribution is 2.29. The Balaban J connectivity index is 1.98. The van der Waals surface area contributed by atoms with Crippen LogP contribution in [0.5, 0.6) is 0 Å². The Kier molecular flexibility index (Phi) is 5.86. The van der Waals surface area contributed by atoms with Crippen molar-refractivity contribution in [1.29, 1.82) is 0 Å². The molecule has 1 aliphatic heterocycles. The van der Waals surface area contributed by atoms with E-state index < -0.39 is 11.4 Å². The minimum absolute atomic E-state index is 0.139. The standard InChI is InChI=1S/C15H19Cl2N3O3/c1-20(14(22)15(18)5-7-23-8-6-15)9-12(21)19-13-10(16)3-2-4-11(13)17/h2-4H,5-9,18H2,1H3,(H,19,21). The highest BCUT2D eigenvalue weighted by Gasteiger charge is 2.38. The Morgan fingerprint density at radius 1 is 1.30 bits per heavy atom. The second-order valence-corrected chi connectivity index (χ2v) is 6.39. The van der Waals surface area contributed by atoms with Crippen LogP contribution in [0.25, 0.3) is 0 Å². The van der Waals surface area contributed by atoms with E-state index in [0.29, 0.717) is 41.8 Å². The number of ether oxygens (including phenoxy) is 1. The van der Waals surface area contributed by atoms with E-state index >= 15 is 0 Å². The Bertz CT molecular complexity index is 583. The first-order valence-corrected chi connectivity index (χ1v) is 7.95. The second kappa shape index (κ2) is 7.49. The number of nitrogens with two attached hydrogens (primary N) is 1. The van der Waals surface area contributed by atoms with Gasteiger partial charge in [0.25, 0.3) is 0 Å². The first kappa shape index (κ1) is 18.0. The lowest BCUT2D eigenvalue weighted by Gasteiger charge is -2.35. The van der Waals surface area contributed by atoms with Crippen molar-refractivity contribution in [1.82, 2.24) is 4.90 Å². The zero-order chi connectivity index (χ0) is 17.0. The first-order valence-electron chi connectivity index (χ1n) is 7.19. The van der Waals surface area contributed by atoms with E-state index in [1.165, 1.54) is 4.90 Å². The molecule has 0 bridgehead atoms. The van der Waals surface area contributed by atoms with E-state index in [0.717, 1.165) is 0 Å². The van der Waals surface area contributed by atoms with Crippen LogP contribution in [0.2, 0.25) is 10.0 Å². The molecule has 8 heteroatoms. The number of hydrogen-bond donors (Lipinski definition) is 2. The Labute approximate surface area is 144 Å². The number of para-hydroxylation sites is 1. The topological polar surface area (TPSA) is 84.7 Å². The smallest absolute Gasteiger partial charge is 0.244 e. The number of amides is 2. The van der Waals surface area contributed by atoms with Crippen LogP contribution in [0, 0.1) is 0 Å². The Morgan fingerprint density at radius 3 is 2.43 bits per heavy atom. The van der Waals surface area contributed by atoms with E-state index in [9.17, 15) is 9.59 Å². The molecule has 2 rings (SSSR count). The van der Waals surface area contributed by atoms with Crippen LogP contribution >= 0.6 is 23.2 Å². The number of rotatable bonds is 4. The third kappa shape index (κ3) is 4.35. The van der Waals surface area contributed by atoms with Crippen LogP contribution in [0.4, 0.5) is 5.69 Å². The summed E-state index contributed by atoms with van der Waals surface area (Å²) in [7, 11) is 1.54. The SMILES string of the molecule is CN(CC(=O)Nc1c(Cl)cccc1Cl)C(=O)C1(N)CCOCC1. The number of anilines is 1. The zero-order valence-corrected chi connectivity index (χ0v) is 14.3. The predicted molar refractivity (Wildman–Crippen MR) is 89.7 cm³/mol. The summed E-state index contributed by atoms with van der Waals surface area (Å²) >= 11 is 12.0. The average molecular weight is 360 g/mol. The molecule has 1 fully saturated rings. The van der Waals surface area contributed by atoms with E-state index in [2.05, 4.69) is 5.32 Å². The molecule has 0 aliphatic carbocycles. The van der Waals surface area contributed by atoms with Gasteiger partial charge in [-0.2, -0.15) is 0 Å². The highest BCUT2D eigenvalue weighted by atomic mass is 35.5. The van der Waals surface area contributed by atoms with Crippen LogP contribution < -0.4 is 11.1 Å². The molecule has 1 heterocycles. The molecule has 6 nitrogen and oxygen atoms in total. The molecule has 3 N–H and O–H groups in total. The normalized spacial score (nSPS) is 16.7. The van der Waals surface area contributed by atoms with Crippen molar-refractivity contribution in [3.63, 3.8) is 0 Å². The van der Waals surface area contributed by atoms with Crippen molar-refractivity contribution < 1.29 is 14.3 Å². The maximum absolute atomic E-state index is 12.5. The second-order valence-electron chi connectivity index (χ2n) is 5.57. The molecule has 1 aromatic carbocycles. The Hall–Kier alpha value is -1.34. The van der Waals surface area contributed by atoms with Gasteiger partial charge in [0.15, 0.2) is 0 Å². The van der Waals surface area contributed by atoms with Gasteiger partial charge in [-0.3, -0.25) is 9.59 Å². The monoisotopic (exact) mass is 359 g/mol. The predicted octanol–water partition coefficient (Wildman–Crippen LogP) is 1.90. The van der Waals surface area contributed by atoms with Crippen LogP contribution in [-0.4, -0.2) is 49.1 Å². The summed E-state index contributed by atoms with van der Waals surface area (Å²) < 4.78 is 5.22. The number of carbonyl (C=O) groups is 2.